The van der Waals surface area contributed by atoms with E-state index in [1.807, 2.05) is 35.2 Å². The van der Waals surface area contributed by atoms with Crippen LogP contribution in [0.4, 0.5) is 0 Å². The Morgan fingerprint density at radius 1 is 1.23 bits per heavy atom. The first-order valence-electron chi connectivity index (χ1n) is 7.71. The van der Waals surface area contributed by atoms with Crippen LogP contribution in [0, 0.1) is 0 Å². The molecule has 5 heteroatoms. The standard InChI is InChI=1S/C17H20N2O3/c1-12(20)16-14(17(21)19-10-6-3-7-11-19)15(18-22-16)13-8-4-2-5-9-13/h2,4-5,8-9,12,20H,3,6-7,10-11H2,1H3. The Labute approximate surface area is 129 Å². The summed E-state index contributed by atoms with van der Waals surface area (Å²) in [6, 6.07) is 9.46. The first-order valence-corrected chi connectivity index (χ1v) is 7.71. The van der Waals surface area contributed by atoms with Gasteiger partial charge in [0.15, 0.2) is 5.76 Å². The molecule has 1 fully saturated rings. The second-order valence-electron chi connectivity index (χ2n) is 5.67. The number of carbonyl (C=O) groups is 1. The molecule has 5 nitrogen and oxygen atoms in total. The molecule has 1 aromatic carbocycles. The van der Waals surface area contributed by atoms with Crippen molar-refractivity contribution in [2.45, 2.75) is 32.3 Å². The molecule has 1 saturated heterocycles. The molecule has 0 aliphatic carbocycles. The van der Waals surface area contributed by atoms with Crippen molar-refractivity contribution in [1.82, 2.24) is 10.1 Å². The highest BCUT2D eigenvalue weighted by atomic mass is 16.5. The van der Waals surface area contributed by atoms with Crippen molar-refractivity contribution in [3.63, 3.8) is 0 Å². The molecule has 0 radical (unpaired) electrons. The van der Waals surface area contributed by atoms with E-state index in [4.69, 9.17) is 4.52 Å². The van der Waals surface area contributed by atoms with E-state index in [0.717, 1.165) is 37.9 Å². The molecule has 2 aromatic rings. The Morgan fingerprint density at radius 2 is 1.91 bits per heavy atom. The van der Waals surface area contributed by atoms with Crippen molar-refractivity contribution in [3.8, 4) is 11.3 Å². The first kappa shape index (κ1) is 14.8. The fourth-order valence-corrected chi connectivity index (χ4v) is 2.84. The number of aliphatic hydroxyl groups is 1. The number of likely N-dealkylation sites (tertiary alicyclic amines) is 1. The number of piperidine rings is 1. The maximum atomic E-state index is 12.9. The summed E-state index contributed by atoms with van der Waals surface area (Å²) < 4.78 is 5.28. The van der Waals surface area contributed by atoms with Crippen molar-refractivity contribution in [3.05, 3.63) is 41.7 Å². The summed E-state index contributed by atoms with van der Waals surface area (Å²) in [6.07, 6.45) is 2.32. The fraction of sp³-hybridized carbons (Fsp3) is 0.412. The van der Waals surface area contributed by atoms with Crippen molar-refractivity contribution in [2.24, 2.45) is 0 Å². The van der Waals surface area contributed by atoms with E-state index in [-0.39, 0.29) is 11.7 Å². The summed E-state index contributed by atoms with van der Waals surface area (Å²) in [7, 11) is 0. The Morgan fingerprint density at radius 3 is 2.55 bits per heavy atom. The van der Waals surface area contributed by atoms with Crippen molar-refractivity contribution in [2.75, 3.05) is 13.1 Å². The van der Waals surface area contributed by atoms with Crippen molar-refractivity contribution in [1.29, 1.82) is 0 Å². The minimum atomic E-state index is -0.867. The number of carbonyl (C=O) groups excluding carboxylic acids is 1. The van der Waals surface area contributed by atoms with E-state index in [1.165, 1.54) is 0 Å². The molecule has 22 heavy (non-hydrogen) atoms. The topological polar surface area (TPSA) is 66.6 Å². The molecular formula is C17H20N2O3. The molecule has 2 heterocycles. The van der Waals surface area contributed by atoms with Gasteiger partial charge in [-0.15, -0.1) is 0 Å². The molecule has 0 saturated carbocycles. The molecule has 1 N–H and O–H groups in total. The third-order valence-corrected chi connectivity index (χ3v) is 4.00. The van der Waals surface area contributed by atoms with E-state index in [9.17, 15) is 9.90 Å². The van der Waals surface area contributed by atoms with Crippen LogP contribution in [0.3, 0.4) is 0 Å². The van der Waals surface area contributed by atoms with Gasteiger partial charge in [-0.2, -0.15) is 0 Å². The fourth-order valence-electron chi connectivity index (χ4n) is 2.84. The van der Waals surface area contributed by atoms with Gasteiger partial charge in [0.2, 0.25) is 0 Å². The number of amides is 1. The van der Waals surface area contributed by atoms with Crippen LogP contribution in [0.2, 0.25) is 0 Å². The van der Waals surface area contributed by atoms with E-state index < -0.39 is 6.10 Å². The lowest BCUT2D eigenvalue weighted by Crippen LogP contribution is -2.36. The predicted octanol–water partition coefficient (Wildman–Crippen LogP) is 3.02. The van der Waals surface area contributed by atoms with Gasteiger partial charge in [0, 0.05) is 18.7 Å². The number of rotatable bonds is 3. The minimum Gasteiger partial charge on any atom is -0.385 e. The van der Waals surface area contributed by atoms with E-state index >= 15 is 0 Å². The highest BCUT2D eigenvalue weighted by Crippen LogP contribution is 2.30. The smallest absolute Gasteiger partial charge is 0.259 e. The van der Waals surface area contributed by atoms with Gasteiger partial charge in [-0.25, -0.2) is 0 Å². The number of nitrogens with zero attached hydrogens (tertiary/aromatic N) is 2. The molecular weight excluding hydrogens is 280 g/mol. The Kier molecular flexibility index (Phi) is 4.24. The van der Waals surface area contributed by atoms with Gasteiger partial charge in [0.1, 0.15) is 17.4 Å². The maximum Gasteiger partial charge on any atom is 0.259 e. The average molecular weight is 300 g/mol. The maximum absolute atomic E-state index is 12.9. The summed E-state index contributed by atoms with van der Waals surface area (Å²) in [5.41, 5.74) is 1.72. The second kappa shape index (κ2) is 6.32. The molecule has 116 valence electrons. The lowest BCUT2D eigenvalue weighted by Gasteiger charge is -2.26. The lowest BCUT2D eigenvalue weighted by molar-refractivity contribution is 0.0713. The number of hydrogen-bond donors (Lipinski definition) is 1. The van der Waals surface area contributed by atoms with Gasteiger partial charge in [-0.05, 0) is 26.2 Å². The largest absolute Gasteiger partial charge is 0.385 e. The second-order valence-corrected chi connectivity index (χ2v) is 5.67. The number of benzene rings is 1. The summed E-state index contributed by atoms with van der Waals surface area (Å²) >= 11 is 0. The van der Waals surface area contributed by atoms with Crippen LogP contribution in [-0.2, 0) is 0 Å². The molecule has 1 aliphatic rings. The zero-order chi connectivity index (χ0) is 15.5. The molecule has 0 spiro atoms. The van der Waals surface area contributed by atoms with E-state index in [0.29, 0.717) is 11.3 Å². The number of hydrogen-bond acceptors (Lipinski definition) is 4. The van der Waals surface area contributed by atoms with Crippen LogP contribution in [-0.4, -0.2) is 34.2 Å². The zero-order valence-corrected chi connectivity index (χ0v) is 12.7. The lowest BCUT2D eigenvalue weighted by atomic mass is 10.0. The number of aromatic nitrogens is 1. The molecule has 1 aromatic heterocycles. The molecule has 1 aliphatic heterocycles. The van der Waals surface area contributed by atoms with Gasteiger partial charge in [-0.1, -0.05) is 35.5 Å². The monoisotopic (exact) mass is 300 g/mol. The van der Waals surface area contributed by atoms with Crippen LogP contribution >= 0.6 is 0 Å². The Hall–Kier alpha value is -2.14. The Bertz CT molecular complexity index is 643. The SMILES string of the molecule is CC(O)c1onc(-c2ccccc2)c1C(=O)N1CCCCC1. The summed E-state index contributed by atoms with van der Waals surface area (Å²) in [6.45, 7) is 3.08. The zero-order valence-electron chi connectivity index (χ0n) is 12.7. The van der Waals surface area contributed by atoms with Crippen molar-refractivity contribution >= 4 is 5.91 Å². The van der Waals surface area contributed by atoms with Gasteiger partial charge in [0.25, 0.3) is 5.91 Å². The molecule has 3 rings (SSSR count). The van der Waals surface area contributed by atoms with Gasteiger partial charge >= 0.3 is 0 Å². The van der Waals surface area contributed by atoms with E-state index in [2.05, 4.69) is 5.16 Å². The van der Waals surface area contributed by atoms with Crippen LogP contribution in [0.1, 0.15) is 48.4 Å². The van der Waals surface area contributed by atoms with E-state index in [1.54, 1.807) is 6.92 Å². The van der Waals surface area contributed by atoms with Crippen LogP contribution in [0.15, 0.2) is 34.9 Å². The molecule has 1 atom stereocenters. The predicted molar refractivity (Wildman–Crippen MR) is 82.3 cm³/mol. The highest BCUT2D eigenvalue weighted by Gasteiger charge is 2.30. The average Bonchev–Trinajstić information content (AvgIpc) is 3.01. The molecule has 1 unspecified atom stereocenters. The third kappa shape index (κ3) is 2.76. The minimum absolute atomic E-state index is 0.101. The molecule has 0 bridgehead atoms. The van der Waals surface area contributed by atoms with Crippen molar-refractivity contribution < 1.29 is 14.4 Å². The Balaban J connectivity index is 2.03. The van der Waals surface area contributed by atoms with Gasteiger partial charge in [-0.3, -0.25) is 4.79 Å². The normalized spacial score (nSPS) is 16.5. The third-order valence-electron chi connectivity index (χ3n) is 4.00. The summed E-state index contributed by atoms with van der Waals surface area (Å²) in [4.78, 5) is 14.7. The summed E-state index contributed by atoms with van der Waals surface area (Å²) in [5.74, 6) is 0.144. The molecule has 1 amide bonds. The highest BCUT2D eigenvalue weighted by molar-refractivity contribution is 6.01. The van der Waals surface area contributed by atoms with Crippen LogP contribution in [0.5, 0.6) is 0 Å². The van der Waals surface area contributed by atoms with Crippen LogP contribution in [0.25, 0.3) is 11.3 Å². The van der Waals surface area contributed by atoms with Gasteiger partial charge in [0.05, 0.1) is 0 Å². The number of aliphatic hydroxyl groups excluding tert-OH is 1. The quantitative estimate of drug-likeness (QED) is 0.946. The van der Waals surface area contributed by atoms with Gasteiger partial charge < -0.3 is 14.5 Å². The van der Waals surface area contributed by atoms with Crippen LogP contribution < -0.4 is 0 Å². The summed E-state index contributed by atoms with van der Waals surface area (Å²) in [5, 5.41) is 13.9. The first-order chi connectivity index (χ1) is 10.7.